The molecule has 2 aromatic rings. The van der Waals surface area contributed by atoms with Crippen LogP contribution >= 0.6 is 11.6 Å². The summed E-state index contributed by atoms with van der Waals surface area (Å²) in [7, 11) is 4.06. The molecule has 3 rings (SSSR count). The molecule has 0 radical (unpaired) electrons. The number of carbonyl (C=O) groups excluding carboxylic acids is 1. The third-order valence-corrected chi connectivity index (χ3v) is 4.82. The van der Waals surface area contributed by atoms with Gasteiger partial charge in [0.05, 0.1) is 23.9 Å². The molecule has 1 unspecified atom stereocenters. The summed E-state index contributed by atoms with van der Waals surface area (Å²) in [5.41, 5.74) is 3.05. The predicted molar refractivity (Wildman–Crippen MR) is 112 cm³/mol. The van der Waals surface area contributed by atoms with Gasteiger partial charge in [0.25, 0.3) is 0 Å². The zero-order chi connectivity index (χ0) is 20.1. The number of amides is 2. The lowest BCUT2D eigenvalue weighted by Crippen LogP contribution is -2.31. The molecule has 0 bridgehead atoms. The van der Waals surface area contributed by atoms with Gasteiger partial charge < -0.3 is 10.2 Å². The molecule has 2 aromatic carbocycles. The van der Waals surface area contributed by atoms with E-state index in [0.717, 1.165) is 24.2 Å². The molecule has 0 fully saturated rings. The summed E-state index contributed by atoms with van der Waals surface area (Å²) in [4.78, 5) is 14.8. The van der Waals surface area contributed by atoms with Crippen LogP contribution in [0.2, 0.25) is 5.02 Å². The molecule has 28 heavy (non-hydrogen) atoms. The molecular weight excluding hydrogens is 374 g/mol. The summed E-state index contributed by atoms with van der Waals surface area (Å²) in [5.74, 6) is 0.148. The zero-order valence-corrected chi connectivity index (χ0v) is 16.6. The lowest BCUT2D eigenvalue weighted by Gasteiger charge is -2.17. The fourth-order valence-electron chi connectivity index (χ4n) is 3.05. The third kappa shape index (κ3) is 4.89. The number of nitrogens with zero attached hydrogens (tertiary/aromatic N) is 4. The largest absolute Gasteiger partial charge is 0.342 e. The first-order chi connectivity index (χ1) is 13.5. The van der Waals surface area contributed by atoms with E-state index >= 15 is 0 Å². The summed E-state index contributed by atoms with van der Waals surface area (Å²) >= 11 is 6.01. The SMILES string of the molecule is CN(C)CCC1CN(C(=O)Nc2ccc(C#N)cc2)N=C1c1ccc(Cl)cc1. The Kier molecular flexibility index (Phi) is 6.30. The monoisotopic (exact) mass is 395 g/mol. The lowest BCUT2D eigenvalue weighted by molar-refractivity contribution is 0.214. The molecular formula is C21H22ClN5O. The van der Waals surface area contributed by atoms with E-state index in [0.29, 0.717) is 22.8 Å². The number of carbonyl (C=O) groups is 1. The van der Waals surface area contributed by atoms with Crippen LogP contribution < -0.4 is 5.32 Å². The minimum Gasteiger partial charge on any atom is -0.309 e. The van der Waals surface area contributed by atoms with E-state index in [9.17, 15) is 4.79 Å². The Morgan fingerprint density at radius 2 is 1.93 bits per heavy atom. The van der Waals surface area contributed by atoms with Gasteiger partial charge in [-0.3, -0.25) is 0 Å². The zero-order valence-electron chi connectivity index (χ0n) is 15.9. The molecule has 1 heterocycles. The highest BCUT2D eigenvalue weighted by Crippen LogP contribution is 2.24. The smallest absolute Gasteiger partial charge is 0.309 e. The first-order valence-electron chi connectivity index (χ1n) is 9.04. The molecule has 1 aliphatic heterocycles. The highest BCUT2D eigenvalue weighted by Gasteiger charge is 2.31. The van der Waals surface area contributed by atoms with Crippen molar-refractivity contribution >= 4 is 29.0 Å². The van der Waals surface area contributed by atoms with Crippen LogP contribution in [-0.4, -0.2) is 48.8 Å². The first kappa shape index (κ1) is 19.9. The Bertz CT molecular complexity index is 900. The van der Waals surface area contributed by atoms with Crippen molar-refractivity contribution in [1.29, 1.82) is 5.26 Å². The molecule has 0 spiro atoms. The van der Waals surface area contributed by atoms with E-state index in [1.54, 1.807) is 24.3 Å². The third-order valence-electron chi connectivity index (χ3n) is 4.57. The van der Waals surface area contributed by atoms with Gasteiger partial charge in [0, 0.05) is 16.6 Å². The van der Waals surface area contributed by atoms with Crippen LogP contribution in [0.1, 0.15) is 17.5 Å². The number of benzene rings is 2. The van der Waals surface area contributed by atoms with Crippen LogP contribution in [-0.2, 0) is 0 Å². The van der Waals surface area contributed by atoms with E-state index in [1.165, 1.54) is 5.01 Å². The Morgan fingerprint density at radius 3 is 2.54 bits per heavy atom. The van der Waals surface area contributed by atoms with Gasteiger partial charge >= 0.3 is 6.03 Å². The first-order valence-corrected chi connectivity index (χ1v) is 9.42. The fraction of sp³-hybridized carbons (Fsp3) is 0.286. The second-order valence-electron chi connectivity index (χ2n) is 6.98. The maximum atomic E-state index is 12.7. The molecule has 1 aliphatic rings. The van der Waals surface area contributed by atoms with Gasteiger partial charge in [-0.1, -0.05) is 23.7 Å². The van der Waals surface area contributed by atoms with Crippen molar-refractivity contribution in [3.63, 3.8) is 0 Å². The van der Waals surface area contributed by atoms with Crippen LogP contribution in [0.15, 0.2) is 53.6 Å². The molecule has 1 atom stereocenters. The maximum Gasteiger partial charge on any atom is 0.342 e. The van der Waals surface area contributed by atoms with Crippen molar-refractivity contribution in [1.82, 2.24) is 9.91 Å². The van der Waals surface area contributed by atoms with Crippen LogP contribution in [0.5, 0.6) is 0 Å². The number of hydrogen-bond acceptors (Lipinski definition) is 4. The number of hydrogen-bond donors (Lipinski definition) is 1. The van der Waals surface area contributed by atoms with Gasteiger partial charge in [-0.2, -0.15) is 10.4 Å². The number of nitrogens with one attached hydrogen (secondary N) is 1. The van der Waals surface area contributed by atoms with Crippen LogP contribution in [0.25, 0.3) is 0 Å². The second-order valence-corrected chi connectivity index (χ2v) is 7.42. The molecule has 0 saturated heterocycles. The molecule has 0 aromatic heterocycles. The highest BCUT2D eigenvalue weighted by atomic mass is 35.5. The summed E-state index contributed by atoms with van der Waals surface area (Å²) in [6.45, 7) is 1.43. The Hall–Kier alpha value is -2.88. The number of rotatable bonds is 5. The minimum absolute atomic E-state index is 0.148. The minimum atomic E-state index is -0.288. The van der Waals surface area contributed by atoms with Gasteiger partial charge in [-0.15, -0.1) is 0 Å². The van der Waals surface area contributed by atoms with Crippen LogP contribution in [0, 0.1) is 17.2 Å². The van der Waals surface area contributed by atoms with Gasteiger partial charge in [-0.05, 0) is 69.0 Å². The Balaban J connectivity index is 1.77. The van der Waals surface area contributed by atoms with E-state index < -0.39 is 0 Å². The van der Waals surface area contributed by atoms with Crippen LogP contribution in [0.3, 0.4) is 0 Å². The van der Waals surface area contributed by atoms with E-state index in [2.05, 4.69) is 21.4 Å². The molecule has 6 nitrogen and oxygen atoms in total. The number of urea groups is 1. The van der Waals surface area contributed by atoms with Crippen molar-refractivity contribution in [3.05, 3.63) is 64.7 Å². The Morgan fingerprint density at radius 1 is 1.25 bits per heavy atom. The quantitative estimate of drug-likeness (QED) is 0.830. The number of anilines is 1. The van der Waals surface area contributed by atoms with Gasteiger partial charge in [0.2, 0.25) is 0 Å². The summed E-state index contributed by atoms with van der Waals surface area (Å²) in [5, 5.41) is 18.5. The molecule has 0 aliphatic carbocycles. The van der Waals surface area contributed by atoms with E-state index in [1.807, 2.05) is 38.4 Å². The van der Waals surface area contributed by atoms with Gasteiger partial charge in [-0.25, -0.2) is 9.80 Å². The molecule has 144 valence electrons. The van der Waals surface area contributed by atoms with Crippen molar-refractivity contribution in [2.45, 2.75) is 6.42 Å². The standard InChI is InChI=1S/C21H22ClN5O/c1-26(2)12-11-17-14-27(25-20(17)16-5-7-18(22)8-6-16)21(28)24-19-9-3-15(13-23)4-10-19/h3-10,17H,11-12,14H2,1-2H3,(H,24,28). The average molecular weight is 396 g/mol. The second kappa shape index (κ2) is 8.87. The summed E-state index contributed by atoms with van der Waals surface area (Å²) in [6.07, 6.45) is 0.898. The lowest BCUT2D eigenvalue weighted by atomic mass is 9.94. The molecule has 1 N–H and O–H groups in total. The number of nitriles is 1. The van der Waals surface area contributed by atoms with Crippen molar-refractivity contribution in [3.8, 4) is 6.07 Å². The highest BCUT2D eigenvalue weighted by molar-refractivity contribution is 6.30. The average Bonchev–Trinajstić information content (AvgIpc) is 3.12. The van der Waals surface area contributed by atoms with Crippen molar-refractivity contribution < 1.29 is 4.79 Å². The van der Waals surface area contributed by atoms with Crippen LogP contribution in [0.4, 0.5) is 10.5 Å². The molecule has 0 saturated carbocycles. The Labute approximate surface area is 170 Å². The van der Waals surface area contributed by atoms with Gasteiger partial charge in [0.1, 0.15) is 0 Å². The van der Waals surface area contributed by atoms with E-state index in [4.69, 9.17) is 16.9 Å². The summed E-state index contributed by atoms with van der Waals surface area (Å²) in [6, 6.07) is 16.1. The molecule has 7 heteroatoms. The number of hydrazone groups is 1. The topological polar surface area (TPSA) is 71.7 Å². The number of halogens is 1. The molecule has 2 amide bonds. The maximum absolute atomic E-state index is 12.7. The summed E-state index contributed by atoms with van der Waals surface area (Å²) < 4.78 is 0. The normalized spacial score (nSPS) is 16.0. The van der Waals surface area contributed by atoms with E-state index in [-0.39, 0.29) is 11.9 Å². The van der Waals surface area contributed by atoms with Gasteiger partial charge in [0.15, 0.2) is 0 Å². The fourth-order valence-corrected chi connectivity index (χ4v) is 3.17. The van der Waals surface area contributed by atoms with Crippen molar-refractivity contribution in [2.24, 2.45) is 11.0 Å². The van der Waals surface area contributed by atoms with Crippen molar-refractivity contribution in [2.75, 3.05) is 32.5 Å². The predicted octanol–water partition coefficient (Wildman–Crippen LogP) is 4.03.